The number of aromatic nitrogens is 1. The van der Waals surface area contributed by atoms with Crippen molar-refractivity contribution in [3.05, 3.63) is 46.2 Å². The molecule has 29 heavy (non-hydrogen) atoms. The van der Waals surface area contributed by atoms with Crippen molar-refractivity contribution < 1.29 is 14.0 Å². The maximum atomic E-state index is 13.7. The first-order valence-electron chi connectivity index (χ1n) is 10.0. The fraction of sp³-hybridized carbons (Fsp3) is 0.476. The summed E-state index contributed by atoms with van der Waals surface area (Å²) in [5.74, 6) is -0.302. The number of hydrogen-bond donors (Lipinski definition) is 1. The van der Waals surface area contributed by atoms with E-state index in [2.05, 4.69) is 10.2 Å². The Balaban J connectivity index is 1.35. The molecule has 6 nitrogen and oxygen atoms in total. The molecule has 2 heterocycles. The van der Waals surface area contributed by atoms with E-state index in [9.17, 15) is 14.0 Å². The molecular formula is C21H25FN4O2S. The largest absolute Gasteiger partial charge is 0.352 e. The summed E-state index contributed by atoms with van der Waals surface area (Å²) in [6.07, 6.45) is 2.23. The van der Waals surface area contributed by atoms with Crippen molar-refractivity contribution in [3.63, 3.8) is 0 Å². The van der Waals surface area contributed by atoms with Gasteiger partial charge in [-0.15, -0.1) is 11.3 Å². The third-order valence-electron chi connectivity index (χ3n) is 5.71. The molecule has 0 saturated carbocycles. The van der Waals surface area contributed by atoms with E-state index < -0.39 is 0 Å². The molecule has 2 aromatic rings. The Morgan fingerprint density at radius 3 is 2.72 bits per heavy atom. The van der Waals surface area contributed by atoms with Crippen LogP contribution in [-0.2, 0) is 29.0 Å². The number of carbonyl (C=O) groups is 2. The molecule has 0 spiro atoms. The fourth-order valence-corrected chi connectivity index (χ4v) is 5.14. The molecule has 1 aliphatic heterocycles. The normalized spacial score (nSPS) is 19.0. The van der Waals surface area contributed by atoms with E-state index in [1.807, 2.05) is 4.90 Å². The Hall–Kier alpha value is -2.48. The molecular weight excluding hydrogens is 391 g/mol. The monoisotopic (exact) mass is 416 g/mol. The van der Waals surface area contributed by atoms with Gasteiger partial charge in [0.2, 0.25) is 11.8 Å². The van der Waals surface area contributed by atoms with Crippen molar-refractivity contribution in [2.75, 3.05) is 31.1 Å². The first kappa shape index (κ1) is 19.8. The second-order valence-corrected chi connectivity index (χ2v) is 8.67. The van der Waals surface area contributed by atoms with Crippen molar-refractivity contribution in [1.82, 2.24) is 15.2 Å². The minimum Gasteiger partial charge on any atom is -0.352 e. The van der Waals surface area contributed by atoms with E-state index in [0.717, 1.165) is 49.8 Å². The van der Waals surface area contributed by atoms with Crippen molar-refractivity contribution >= 4 is 28.3 Å². The fourth-order valence-electron chi connectivity index (χ4n) is 3.90. The smallest absolute Gasteiger partial charge is 0.223 e. The molecule has 154 valence electrons. The van der Waals surface area contributed by atoms with E-state index in [-0.39, 0.29) is 30.1 Å². The molecule has 4 rings (SSSR count). The van der Waals surface area contributed by atoms with Crippen LogP contribution in [0.1, 0.15) is 29.5 Å². The van der Waals surface area contributed by atoms with Crippen LogP contribution in [0.4, 0.5) is 9.52 Å². The number of rotatable bonds is 4. The quantitative estimate of drug-likeness (QED) is 0.831. The molecule has 8 heteroatoms. The molecule has 1 aliphatic carbocycles. The molecule has 1 saturated heterocycles. The summed E-state index contributed by atoms with van der Waals surface area (Å²) >= 11 is 1.66. The lowest BCUT2D eigenvalue weighted by molar-refractivity contribution is -0.129. The maximum Gasteiger partial charge on any atom is 0.223 e. The number of thiazole rings is 1. The summed E-state index contributed by atoms with van der Waals surface area (Å²) in [6, 6.07) is 6.51. The zero-order valence-electron chi connectivity index (χ0n) is 16.5. The molecule has 0 radical (unpaired) electrons. The molecule has 1 N–H and O–H groups in total. The number of nitrogens with zero attached hydrogens (tertiary/aromatic N) is 3. The van der Waals surface area contributed by atoms with Crippen LogP contribution in [0.15, 0.2) is 24.3 Å². The zero-order chi connectivity index (χ0) is 20.4. The van der Waals surface area contributed by atoms with Crippen LogP contribution >= 0.6 is 11.3 Å². The number of fused-ring (bicyclic) bond motifs is 1. The SMILES string of the molecule is CC(=O)N1CCN(c2nc3c(s2)C[C@@H](C(=O)NCc2ccccc2F)CC3)CC1. The van der Waals surface area contributed by atoms with Crippen LogP contribution < -0.4 is 10.2 Å². The second-order valence-electron chi connectivity index (χ2n) is 7.61. The van der Waals surface area contributed by atoms with Crippen molar-refractivity contribution in [1.29, 1.82) is 0 Å². The topological polar surface area (TPSA) is 65.5 Å². The average Bonchev–Trinajstić information content (AvgIpc) is 3.16. The van der Waals surface area contributed by atoms with Gasteiger partial charge in [0.1, 0.15) is 5.82 Å². The van der Waals surface area contributed by atoms with Gasteiger partial charge in [-0.3, -0.25) is 9.59 Å². The van der Waals surface area contributed by atoms with Crippen LogP contribution in [0.2, 0.25) is 0 Å². The van der Waals surface area contributed by atoms with Gasteiger partial charge in [-0.2, -0.15) is 0 Å². The lowest BCUT2D eigenvalue weighted by atomic mass is 9.90. The number of nitrogens with one attached hydrogen (secondary N) is 1. The Kier molecular flexibility index (Phi) is 5.80. The predicted octanol–water partition coefficient (Wildman–Crippen LogP) is 2.37. The molecule has 2 amide bonds. The summed E-state index contributed by atoms with van der Waals surface area (Å²) in [7, 11) is 0. The second kappa shape index (κ2) is 8.49. The van der Waals surface area contributed by atoms with Crippen molar-refractivity contribution in [2.45, 2.75) is 32.7 Å². The molecule has 1 fully saturated rings. The minimum absolute atomic E-state index is 0.0241. The summed E-state index contributed by atoms with van der Waals surface area (Å²) in [4.78, 5) is 34.2. The molecule has 1 aromatic carbocycles. The number of aryl methyl sites for hydroxylation is 1. The van der Waals surface area contributed by atoms with E-state index in [1.165, 1.54) is 10.9 Å². The molecule has 1 aromatic heterocycles. The number of anilines is 1. The number of amides is 2. The third kappa shape index (κ3) is 4.42. The van der Waals surface area contributed by atoms with Gasteiger partial charge in [-0.05, 0) is 25.3 Å². The zero-order valence-corrected chi connectivity index (χ0v) is 17.3. The first-order valence-corrected chi connectivity index (χ1v) is 10.8. The third-order valence-corrected chi connectivity index (χ3v) is 6.89. The lowest BCUT2D eigenvalue weighted by Crippen LogP contribution is -2.48. The van der Waals surface area contributed by atoms with Crippen LogP contribution in [0.5, 0.6) is 0 Å². The van der Waals surface area contributed by atoms with E-state index in [1.54, 1.807) is 36.5 Å². The van der Waals surface area contributed by atoms with E-state index in [0.29, 0.717) is 12.0 Å². The Morgan fingerprint density at radius 2 is 2.00 bits per heavy atom. The number of halogens is 1. The average molecular weight is 417 g/mol. The van der Waals surface area contributed by atoms with Crippen molar-refractivity contribution in [3.8, 4) is 0 Å². The summed E-state index contributed by atoms with van der Waals surface area (Å²) in [5.41, 5.74) is 1.60. The highest BCUT2D eigenvalue weighted by Crippen LogP contribution is 2.34. The van der Waals surface area contributed by atoms with E-state index in [4.69, 9.17) is 4.98 Å². The Bertz CT molecular complexity index is 908. The first-order chi connectivity index (χ1) is 14.0. The van der Waals surface area contributed by atoms with Gasteiger partial charge in [-0.25, -0.2) is 9.37 Å². The lowest BCUT2D eigenvalue weighted by Gasteiger charge is -2.33. The van der Waals surface area contributed by atoms with Gasteiger partial charge in [0, 0.05) is 56.0 Å². The summed E-state index contributed by atoms with van der Waals surface area (Å²) in [5, 5.41) is 3.87. The number of piperazine rings is 1. The number of hydrogen-bond acceptors (Lipinski definition) is 5. The van der Waals surface area contributed by atoms with Gasteiger partial charge in [0.05, 0.1) is 5.69 Å². The van der Waals surface area contributed by atoms with Crippen LogP contribution in [-0.4, -0.2) is 47.9 Å². The minimum atomic E-state index is -0.296. The highest BCUT2D eigenvalue weighted by molar-refractivity contribution is 7.15. The maximum absolute atomic E-state index is 13.7. The Morgan fingerprint density at radius 1 is 1.24 bits per heavy atom. The standard InChI is InChI=1S/C21H25FN4O2S/c1-14(27)25-8-10-26(11-9-25)21-24-18-7-6-15(12-19(18)29-21)20(28)23-13-16-4-2-3-5-17(16)22/h2-5,15H,6-13H2,1H3,(H,23,28)/t15-/m0/s1. The summed E-state index contributed by atoms with van der Waals surface area (Å²) in [6.45, 7) is 4.84. The molecule has 0 bridgehead atoms. The van der Waals surface area contributed by atoms with Crippen LogP contribution in [0.25, 0.3) is 0 Å². The highest BCUT2D eigenvalue weighted by atomic mass is 32.1. The number of carbonyl (C=O) groups excluding carboxylic acids is 2. The van der Waals surface area contributed by atoms with Gasteiger partial charge < -0.3 is 15.1 Å². The van der Waals surface area contributed by atoms with Gasteiger partial charge >= 0.3 is 0 Å². The van der Waals surface area contributed by atoms with Gasteiger partial charge in [0.25, 0.3) is 0 Å². The van der Waals surface area contributed by atoms with Crippen LogP contribution in [0.3, 0.4) is 0 Å². The van der Waals surface area contributed by atoms with Gasteiger partial charge in [-0.1, -0.05) is 18.2 Å². The van der Waals surface area contributed by atoms with Crippen LogP contribution in [0, 0.1) is 11.7 Å². The predicted molar refractivity (Wildman–Crippen MR) is 110 cm³/mol. The van der Waals surface area contributed by atoms with Gasteiger partial charge in [0.15, 0.2) is 5.13 Å². The Labute approximate surface area is 173 Å². The molecule has 1 atom stereocenters. The summed E-state index contributed by atoms with van der Waals surface area (Å²) < 4.78 is 13.7. The molecule has 0 unspecified atom stereocenters. The molecule has 2 aliphatic rings. The highest BCUT2D eigenvalue weighted by Gasteiger charge is 2.29. The number of benzene rings is 1. The van der Waals surface area contributed by atoms with E-state index >= 15 is 0 Å². The van der Waals surface area contributed by atoms with Crippen molar-refractivity contribution in [2.24, 2.45) is 5.92 Å².